The van der Waals surface area contributed by atoms with Crippen molar-refractivity contribution in [2.75, 3.05) is 6.61 Å². The van der Waals surface area contributed by atoms with Gasteiger partial charge in [0.15, 0.2) is 0 Å². The van der Waals surface area contributed by atoms with E-state index in [0.717, 1.165) is 5.56 Å². The standard InChI is InChI=1S/C17H24N2O3S/c1-6-22-15-8-7-14(12(2)3)11-16(15)23(20,21)19-10-9-18-17(19)13(4)5/h7-13H,6H2,1-5H3. The largest absolute Gasteiger partial charge is 0.492 e. The van der Waals surface area contributed by atoms with Crippen molar-refractivity contribution in [2.24, 2.45) is 0 Å². The van der Waals surface area contributed by atoms with Gasteiger partial charge in [-0.2, -0.15) is 0 Å². The first kappa shape index (κ1) is 17.5. The molecule has 0 aliphatic heterocycles. The molecule has 5 nitrogen and oxygen atoms in total. The third-order valence-corrected chi connectivity index (χ3v) is 5.32. The Kier molecular flexibility index (Phi) is 5.14. The van der Waals surface area contributed by atoms with Crippen molar-refractivity contribution in [1.82, 2.24) is 8.96 Å². The number of imidazole rings is 1. The number of aromatic nitrogens is 2. The average molecular weight is 336 g/mol. The molecule has 126 valence electrons. The molecule has 0 bridgehead atoms. The van der Waals surface area contributed by atoms with Gasteiger partial charge in [-0.3, -0.25) is 0 Å². The lowest BCUT2D eigenvalue weighted by Crippen LogP contribution is -2.17. The van der Waals surface area contributed by atoms with E-state index in [2.05, 4.69) is 4.98 Å². The first-order valence-electron chi connectivity index (χ1n) is 7.84. The Bertz CT molecular complexity index is 777. The van der Waals surface area contributed by atoms with Crippen LogP contribution in [0.4, 0.5) is 0 Å². The Balaban J connectivity index is 2.66. The van der Waals surface area contributed by atoms with Crippen LogP contribution in [0.2, 0.25) is 0 Å². The van der Waals surface area contributed by atoms with E-state index in [1.165, 1.54) is 16.4 Å². The van der Waals surface area contributed by atoms with Crippen molar-refractivity contribution >= 4 is 10.0 Å². The van der Waals surface area contributed by atoms with E-state index in [-0.39, 0.29) is 16.7 Å². The van der Waals surface area contributed by atoms with Crippen molar-refractivity contribution in [3.05, 3.63) is 42.0 Å². The fraction of sp³-hybridized carbons (Fsp3) is 0.471. The quantitative estimate of drug-likeness (QED) is 0.806. The molecule has 6 heteroatoms. The number of rotatable bonds is 6. The third-order valence-electron chi connectivity index (χ3n) is 3.62. The number of benzene rings is 1. The summed E-state index contributed by atoms with van der Waals surface area (Å²) in [6, 6.07) is 5.35. The van der Waals surface area contributed by atoms with Crippen LogP contribution in [0.1, 0.15) is 57.8 Å². The molecule has 2 rings (SSSR count). The number of ether oxygens (including phenoxy) is 1. The maximum atomic E-state index is 13.1. The molecule has 1 aromatic carbocycles. The van der Waals surface area contributed by atoms with Gasteiger partial charge in [0.1, 0.15) is 16.5 Å². The van der Waals surface area contributed by atoms with E-state index >= 15 is 0 Å². The van der Waals surface area contributed by atoms with Gasteiger partial charge in [0, 0.05) is 18.3 Å². The lowest BCUT2D eigenvalue weighted by atomic mass is 10.0. The molecule has 1 heterocycles. The van der Waals surface area contributed by atoms with Gasteiger partial charge in [0.25, 0.3) is 10.0 Å². The van der Waals surface area contributed by atoms with Crippen LogP contribution in [0.5, 0.6) is 5.75 Å². The molecule has 0 amide bonds. The SMILES string of the molecule is CCOc1ccc(C(C)C)cc1S(=O)(=O)n1ccnc1C(C)C. The topological polar surface area (TPSA) is 61.2 Å². The van der Waals surface area contributed by atoms with E-state index in [0.29, 0.717) is 18.2 Å². The predicted octanol–water partition coefficient (Wildman–Crippen LogP) is 3.77. The van der Waals surface area contributed by atoms with Gasteiger partial charge in [0.2, 0.25) is 0 Å². The normalized spacial score (nSPS) is 12.1. The molecular weight excluding hydrogens is 312 g/mol. The van der Waals surface area contributed by atoms with Crippen molar-refractivity contribution in [1.29, 1.82) is 0 Å². The summed E-state index contributed by atoms with van der Waals surface area (Å²) in [6.07, 6.45) is 3.00. The molecule has 0 atom stereocenters. The van der Waals surface area contributed by atoms with Gasteiger partial charge < -0.3 is 4.74 Å². The number of hydrogen-bond acceptors (Lipinski definition) is 4. The summed E-state index contributed by atoms with van der Waals surface area (Å²) in [5, 5.41) is 0. The molecule has 0 radical (unpaired) electrons. The van der Waals surface area contributed by atoms with Gasteiger partial charge in [-0.15, -0.1) is 0 Å². The Morgan fingerprint density at radius 3 is 2.43 bits per heavy atom. The fourth-order valence-electron chi connectivity index (χ4n) is 2.38. The van der Waals surface area contributed by atoms with E-state index < -0.39 is 10.0 Å². The van der Waals surface area contributed by atoms with E-state index in [1.807, 2.05) is 40.7 Å². The van der Waals surface area contributed by atoms with Crippen LogP contribution in [-0.4, -0.2) is 24.0 Å². The van der Waals surface area contributed by atoms with E-state index in [1.54, 1.807) is 12.1 Å². The summed E-state index contributed by atoms with van der Waals surface area (Å²) in [6.45, 7) is 10.1. The predicted molar refractivity (Wildman–Crippen MR) is 90.6 cm³/mol. The Hall–Kier alpha value is -1.82. The van der Waals surface area contributed by atoms with Crippen LogP contribution in [0.15, 0.2) is 35.5 Å². The first-order chi connectivity index (χ1) is 10.8. The second kappa shape index (κ2) is 6.74. The molecule has 0 fully saturated rings. The second-order valence-corrected chi connectivity index (χ2v) is 7.82. The lowest BCUT2D eigenvalue weighted by molar-refractivity contribution is 0.330. The fourth-order valence-corrected chi connectivity index (χ4v) is 3.97. The minimum atomic E-state index is -3.75. The van der Waals surface area contributed by atoms with Crippen LogP contribution in [-0.2, 0) is 10.0 Å². The van der Waals surface area contributed by atoms with E-state index in [4.69, 9.17) is 4.74 Å². The summed E-state index contributed by atoms with van der Waals surface area (Å²) in [4.78, 5) is 4.37. The van der Waals surface area contributed by atoms with Crippen molar-refractivity contribution in [3.63, 3.8) is 0 Å². The summed E-state index contributed by atoms with van der Waals surface area (Å²) in [7, 11) is -3.75. The zero-order valence-electron chi connectivity index (χ0n) is 14.3. The molecule has 0 aliphatic rings. The summed E-state index contributed by atoms with van der Waals surface area (Å²) in [5.41, 5.74) is 0.957. The zero-order chi connectivity index (χ0) is 17.2. The minimum absolute atomic E-state index is 0.00333. The number of hydrogen-bond donors (Lipinski definition) is 0. The third kappa shape index (κ3) is 3.42. The monoisotopic (exact) mass is 336 g/mol. The Labute approximate surface area is 138 Å². The van der Waals surface area contributed by atoms with Crippen LogP contribution in [0.3, 0.4) is 0 Å². The van der Waals surface area contributed by atoms with Gasteiger partial charge in [-0.25, -0.2) is 17.4 Å². The molecule has 0 unspecified atom stereocenters. The van der Waals surface area contributed by atoms with Crippen LogP contribution in [0, 0.1) is 0 Å². The maximum absolute atomic E-state index is 13.1. The highest BCUT2D eigenvalue weighted by Gasteiger charge is 2.26. The van der Waals surface area contributed by atoms with Gasteiger partial charge in [-0.05, 0) is 30.5 Å². The molecule has 0 N–H and O–H groups in total. The smallest absolute Gasteiger partial charge is 0.272 e. The highest BCUT2D eigenvalue weighted by atomic mass is 32.2. The van der Waals surface area contributed by atoms with Crippen LogP contribution in [0.25, 0.3) is 0 Å². The van der Waals surface area contributed by atoms with Crippen molar-refractivity contribution < 1.29 is 13.2 Å². The first-order valence-corrected chi connectivity index (χ1v) is 9.28. The van der Waals surface area contributed by atoms with Crippen LogP contribution >= 0.6 is 0 Å². The van der Waals surface area contributed by atoms with Crippen molar-refractivity contribution in [2.45, 2.75) is 51.3 Å². The molecule has 1 aromatic heterocycles. The molecule has 0 spiro atoms. The molecular formula is C17H24N2O3S. The molecule has 23 heavy (non-hydrogen) atoms. The highest BCUT2D eigenvalue weighted by Crippen LogP contribution is 2.31. The second-order valence-electron chi connectivity index (χ2n) is 6.03. The van der Waals surface area contributed by atoms with Crippen LogP contribution < -0.4 is 4.74 Å². The highest BCUT2D eigenvalue weighted by molar-refractivity contribution is 7.90. The van der Waals surface area contributed by atoms with Gasteiger partial charge in [0.05, 0.1) is 6.61 Å². The summed E-state index contributed by atoms with van der Waals surface area (Å²) in [5.74, 6) is 1.12. The molecule has 0 aliphatic carbocycles. The summed E-state index contributed by atoms with van der Waals surface area (Å²) < 4.78 is 33.1. The Morgan fingerprint density at radius 1 is 1.17 bits per heavy atom. The van der Waals surface area contributed by atoms with Gasteiger partial charge in [-0.1, -0.05) is 33.8 Å². The zero-order valence-corrected chi connectivity index (χ0v) is 15.1. The number of nitrogens with zero attached hydrogens (tertiary/aromatic N) is 2. The maximum Gasteiger partial charge on any atom is 0.272 e. The molecule has 0 saturated carbocycles. The van der Waals surface area contributed by atoms with Gasteiger partial charge >= 0.3 is 0 Å². The lowest BCUT2D eigenvalue weighted by Gasteiger charge is -2.16. The molecule has 2 aromatic rings. The van der Waals surface area contributed by atoms with E-state index in [9.17, 15) is 8.42 Å². The average Bonchev–Trinajstić information content (AvgIpc) is 2.98. The molecule has 0 saturated heterocycles. The summed E-state index contributed by atoms with van der Waals surface area (Å²) >= 11 is 0. The minimum Gasteiger partial charge on any atom is -0.492 e. The van der Waals surface area contributed by atoms with Crippen molar-refractivity contribution in [3.8, 4) is 5.75 Å². The Morgan fingerprint density at radius 2 is 1.87 bits per heavy atom.